The SMILES string of the molecule is CC(=O)C1CCCCC1=O.CC(=O)CC(=O)c1ccccc1.CC(C)(C)C(=O)CC(=O)C(C)(C)C.CCCCNC.CN(C)CCN(C)C.Cc1c(C)c2cccnc2c2ncccc12.O=[N+]([O-])c1cc2cccnc2c2ncccc12.c1ccc(-c2ccnc3c2ccc2c(-c4ccccc4)ccnc23)cc1.c1cnc2c(c1)ccc1cccnc12. The van der Waals surface area contributed by atoms with Gasteiger partial charge in [0.05, 0.1) is 67.7 Å². The second-order valence-corrected chi connectivity index (χ2v) is 32.3. The molecule has 7 aromatic carbocycles. The number of nitrogens with zero attached hydrogens (tertiary/aromatic N) is 11. The van der Waals surface area contributed by atoms with Crippen LogP contribution in [0.1, 0.15) is 135 Å². The van der Waals surface area contributed by atoms with Crippen LogP contribution in [0, 0.1) is 40.7 Å². The summed E-state index contributed by atoms with van der Waals surface area (Å²) < 4.78 is 0. The Kier molecular flexibility index (Phi) is 36.2. The predicted molar refractivity (Wildman–Crippen MR) is 498 cm³/mol. The van der Waals surface area contributed by atoms with E-state index in [1.54, 1.807) is 73.3 Å². The van der Waals surface area contributed by atoms with E-state index in [0.29, 0.717) is 28.4 Å². The van der Waals surface area contributed by atoms with E-state index < -0.39 is 15.8 Å². The summed E-state index contributed by atoms with van der Waals surface area (Å²) in [6.07, 6.45) is 20.3. The van der Waals surface area contributed by atoms with Crippen LogP contribution in [0.5, 0.6) is 0 Å². The van der Waals surface area contributed by atoms with Gasteiger partial charge in [0.25, 0.3) is 5.69 Å². The Balaban J connectivity index is 0.000000175. The van der Waals surface area contributed by atoms with Crippen LogP contribution >= 0.6 is 0 Å². The highest BCUT2D eigenvalue weighted by atomic mass is 16.6. The van der Waals surface area contributed by atoms with Crippen molar-refractivity contribution >= 4 is 128 Å². The molecule has 0 saturated heterocycles. The van der Waals surface area contributed by atoms with E-state index in [4.69, 9.17) is 0 Å². The first kappa shape index (κ1) is 94.6. The summed E-state index contributed by atoms with van der Waals surface area (Å²) in [5.41, 5.74) is 14.3. The molecule has 0 radical (unpaired) electrons. The number of benzene rings is 7. The van der Waals surface area contributed by atoms with E-state index in [-0.39, 0.29) is 59.1 Å². The monoisotopic (exact) mass is 1630 g/mol. The van der Waals surface area contributed by atoms with Crippen molar-refractivity contribution in [3.05, 3.63) is 283 Å². The van der Waals surface area contributed by atoms with Gasteiger partial charge < -0.3 is 15.1 Å². The number of nitro benzene ring substituents is 1. The molecule has 0 spiro atoms. The molecular weight excluding hydrogens is 1520 g/mol. The lowest BCUT2D eigenvalue weighted by Gasteiger charge is -2.20. The van der Waals surface area contributed by atoms with E-state index in [9.17, 15) is 38.9 Å². The maximum absolute atomic E-state index is 11.5. The van der Waals surface area contributed by atoms with E-state index in [1.165, 1.54) is 76.9 Å². The molecule has 0 bridgehead atoms. The number of hydrogen-bond acceptors (Lipinski definition) is 19. The van der Waals surface area contributed by atoms with E-state index in [1.807, 2.05) is 116 Å². The Morgan fingerprint density at radius 1 is 0.451 bits per heavy atom. The van der Waals surface area contributed by atoms with Crippen LogP contribution in [0.2, 0.25) is 0 Å². The van der Waals surface area contributed by atoms with Gasteiger partial charge in [0, 0.05) is 129 Å². The van der Waals surface area contributed by atoms with Gasteiger partial charge >= 0.3 is 0 Å². The average Bonchev–Trinajstić information content (AvgIpc) is 0.771. The number of likely N-dealkylation sites (N-methyl/N-ethyl adjacent to an activating group) is 2. The number of carbonyl (C=O) groups is 6. The number of aromatic nitrogens is 8. The first-order valence-electron chi connectivity index (χ1n) is 41.3. The Hall–Kier alpha value is -12.9. The number of unbranched alkanes of at least 4 members (excludes halogenated alkanes) is 1. The minimum absolute atomic E-state index is 0.00398. The molecule has 0 amide bonds. The zero-order valence-corrected chi connectivity index (χ0v) is 73.3. The highest BCUT2D eigenvalue weighted by Gasteiger charge is 2.30. The molecule has 630 valence electrons. The Labute approximate surface area is 716 Å². The van der Waals surface area contributed by atoms with Gasteiger partial charge in [-0.2, -0.15) is 0 Å². The molecule has 8 aromatic heterocycles. The molecule has 20 nitrogen and oxygen atoms in total. The van der Waals surface area contributed by atoms with Crippen LogP contribution in [0.15, 0.2) is 256 Å². The van der Waals surface area contributed by atoms with E-state index in [0.717, 1.165) is 98.9 Å². The van der Waals surface area contributed by atoms with Gasteiger partial charge in [-0.25, -0.2) is 0 Å². The highest BCUT2D eigenvalue weighted by molar-refractivity contribution is 6.13. The number of hydrogen-bond donors (Lipinski definition) is 1. The Morgan fingerprint density at radius 2 is 0.828 bits per heavy atom. The fourth-order valence-corrected chi connectivity index (χ4v) is 13.1. The van der Waals surface area contributed by atoms with Gasteiger partial charge in [-0.3, -0.25) is 78.8 Å². The van der Waals surface area contributed by atoms with Crippen molar-refractivity contribution in [2.45, 2.75) is 128 Å². The number of Topliss-reactive ketones (excluding diaryl/α,β-unsaturated/α-hetero) is 6. The van der Waals surface area contributed by atoms with Gasteiger partial charge in [-0.15, -0.1) is 0 Å². The third-order valence-corrected chi connectivity index (χ3v) is 20.3. The Morgan fingerprint density at radius 3 is 1.20 bits per heavy atom. The molecule has 1 unspecified atom stereocenters. The van der Waals surface area contributed by atoms with Gasteiger partial charge in [-0.05, 0) is 177 Å². The summed E-state index contributed by atoms with van der Waals surface area (Å²) >= 11 is 0. The second kappa shape index (κ2) is 46.6. The maximum Gasteiger partial charge on any atom is 0.279 e. The molecule has 1 saturated carbocycles. The summed E-state index contributed by atoms with van der Waals surface area (Å²) in [5.74, 6) is -0.219. The van der Waals surface area contributed by atoms with Gasteiger partial charge in [0.15, 0.2) is 5.78 Å². The van der Waals surface area contributed by atoms with Gasteiger partial charge in [-0.1, -0.05) is 207 Å². The largest absolute Gasteiger partial charge is 0.320 e. The molecule has 8 heterocycles. The molecular formula is C102H114N12O8. The van der Waals surface area contributed by atoms with Crippen molar-refractivity contribution in [2.24, 2.45) is 16.7 Å². The molecule has 20 heteroatoms. The maximum atomic E-state index is 11.5. The average molecular weight is 1640 g/mol. The van der Waals surface area contributed by atoms with Gasteiger partial charge in [0.1, 0.15) is 34.4 Å². The minimum atomic E-state index is -0.402. The van der Waals surface area contributed by atoms with Crippen molar-refractivity contribution < 1.29 is 33.7 Å². The summed E-state index contributed by atoms with van der Waals surface area (Å²) in [4.78, 5) is 117. The molecule has 1 fully saturated rings. The lowest BCUT2D eigenvalue weighted by Crippen LogP contribution is -2.28. The Bertz CT molecular complexity index is 5780. The third-order valence-electron chi connectivity index (χ3n) is 20.3. The smallest absolute Gasteiger partial charge is 0.279 e. The molecule has 1 N–H and O–H groups in total. The number of carbonyl (C=O) groups excluding carboxylic acids is 6. The molecule has 1 atom stereocenters. The molecule has 122 heavy (non-hydrogen) atoms. The number of non-ortho nitro benzene ring substituents is 1. The third kappa shape index (κ3) is 27.3. The normalized spacial score (nSPS) is 12.2. The first-order chi connectivity index (χ1) is 58.4. The summed E-state index contributed by atoms with van der Waals surface area (Å²) in [7, 11) is 10.3. The molecule has 16 rings (SSSR count). The van der Waals surface area contributed by atoms with Crippen molar-refractivity contribution in [3.8, 4) is 22.3 Å². The number of aryl methyl sites for hydroxylation is 2. The minimum Gasteiger partial charge on any atom is -0.320 e. The summed E-state index contributed by atoms with van der Waals surface area (Å²) in [6.45, 7) is 23.9. The van der Waals surface area contributed by atoms with Crippen LogP contribution in [0.25, 0.3) is 109 Å². The van der Waals surface area contributed by atoms with Crippen molar-refractivity contribution in [1.29, 1.82) is 0 Å². The van der Waals surface area contributed by atoms with Crippen molar-refractivity contribution in [3.63, 3.8) is 0 Å². The fourth-order valence-electron chi connectivity index (χ4n) is 13.1. The first-order valence-corrected chi connectivity index (χ1v) is 41.3. The van der Waals surface area contributed by atoms with Crippen molar-refractivity contribution in [2.75, 3.05) is 54.9 Å². The number of ketones is 6. The molecule has 15 aromatic rings. The zero-order valence-electron chi connectivity index (χ0n) is 73.3. The van der Waals surface area contributed by atoms with E-state index in [2.05, 4.69) is 213 Å². The quantitative estimate of drug-likeness (QED) is 0.0249. The number of nitrogens with one attached hydrogen (secondary N) is 1. The lowest BCUT2D eigenvalue weighted by atomic mass is 9.82. The molecule has 1 aliphatic rings. The summed E-state index contributed by atoms with van der Waals surface area (Å²) in [5, 5.41) is 22.3. The van der Waals surface area contributed by atoms with E-state index >= 15 is 0 Å². The lowest BCUT2D eigenvalue weighted by molar-refractivity contribution is -0.382. The van der Waals surface area contributed by atoms with Crippen LogP contribution in [-0.4, -0.2) is 144 Å². The number of nitro groups is 1. The fraction of sp³-hybridized carbons (Fsp3) is 0.294. The standard InChI is InChI=1S/C24H16N2.C14H12N2.C12H7N3O2.C12H8N2.C11H20O2.C10H10O2.C8H12O2.C6H16N2.C5H13N/c1-3-7-17(8-4-1)19-13-15-25-23-21(19)11-12-22-20(14-16-26-24(22)23)18-9-5-2-6-10-18;1-9-10(2)12-6-4-8-16-14(12)13-11(9)5-3-7-15-13;16-15(17)10-7-8-3-1-5-13-11(8)12-9(10)4-2-6-14-12;1-3-9-5-6-10-4-2-8-14-12(10)11(9)13-7-1;1-10(2,3)8(12)7-9(13)11(4,5)6;1-8(11)7-10(12)9-5-3-2-4-6-9;1-6(9)7-4-2-3-5-8(7)10;1-7(2)5-6-8(3)4;1-3-4-5-6-2/h1-16H;3-8H,1-2H3;1-7H;1-8H;7H2,1-6H3;2-6H,7H2,1H3;7H,2-5H2,1H3;5-6H2,1-4H3;6H,3-5H2,1-2H3. The highest BCUT2D eigenvalue weighted by Crippen LogP contribution is 2.36. The number of pyridine rings is 8. The number of rotatable bonds is 15. The number of fused-ring (bicyclic) bond motifs is 12. The van der Waals surface area contributed by atoms with Crippen LogP contribution in [0.3, 0.4) is 0 Å². The second-order valence-electron chi connectivity index (χ2n) is 32.3. The zero-order chi connectivity index (χ0) is 88.5. The van der Waals surface area contributed by atoms with Crippen LogP contribution in [-0.2, 0) is 24.0 Å². The van der Waals surface area contributed by atoms with Crippen LogP contribution < -0.4 is 5.32 Å². The van der Waals surface area contributed by atoms with Crippen LogP contribution in [0.4, 0.5) is 5.69 Å². The van der Waals surface area contributed by atoms with Crippen molar-refractivity contribution in [1.82, 2.24) is 55.0 Å². The van der Waals surface area contributed by atoms with Gasteiger partial charge in [0.2, 0.25) is 0 Å². The molecule has 1 aliphatic carbocycles. The summed E-state index contributed by atoms with van der Waals surface area (Å²) in [6, 6.07) is 66.9. The molecule has 0 aliphatic heterocycles. The predicted octanol–water partition coefficient (Wildman–Crippen LogP) is 21.9. The topological polar surface area (TPSA) is 267 Å².